The van der Waals surface area contributed by atoms with Crippen molar-refractivity contribution in [3.63, 3.8) is 0 Å². The molecule has 1 atom stereocenters. The molecule has 7 nitrogen and oxygen atoms in total. The Kier molecular flexibility index (Phi) is 4.32. The second-order valence-corrected chi connectivity index (χ2v) is 5.66. The fraction of sp³-hybridized carbons (Fsp3) is 0.643. The van der Waals surface area contributed by atoms with Crippen LogP contribution in [0.25, 0.3) is 0 Å². The van der Waals surface area contributed by atoms with E-state index in [0.717, 1.165) is 5.69 Å². The molecule has 2 heterocycles. The van der Waals surface area contributed by atoms with Crippen LogP contribution >= 0.6 is 0 Å². The first-order chi connectivity index (χ1) is 9.87. The molecular weight excluding hydrogens is 274 g/mol. The number of carbonyl (C=O) groups excluding carboxylic acids is 2. The average Bonchev–Trinajstić information content (AvgIpc) is 2.95. The molecule has 2 amide bonds. The van der Waals surface area contributed by atoms with E-state index >= 15 is 0 Å². The number of nitrogens with one attached hydrogen (secondary N) is 1. The number of carbonyl (C=O) groups is 2. The molecule has 1 aromatic rings. The Morgan fingerprint density at radius 2 is 2.19 bits per heavy atom. The molecule has 0 radical (unpaired) electrons. The van der Waals surface area contributed by atoms with E-state index in [2.05, 4.69) is 10.5 Å². The molecule has 21 heavy (non-hydrogen) atoms. The second-order valence-electron chi connectivity index (χ2n) is 5.66. The number of aromatic nitrogens is 1. The monoisotopic (exact) mass is 295 g/mol. The van der Waals surface area contributed by atoms with Gasteiger partial charge in [0.1, 0.15) is 0 Å². The summed E-state index contributed by atoms with van der Waals surface area (Å²) in [6, 6.07) is 1.65. The summed E-state index contributed by atoms with van der Waals surface area (Å²) in [4.78, 5) is 25.9. The van der Waals surface area contributed by atoms with E-state index in [4.69, 9.17) is 9.26 Å². The Hall–Kier alpha value is -1.89. The highest BCUT2D eigenvalue weighted by Crippen LogP contribution is 2.21. The van der Waals surface area contributed by atoms with Crippen LogP contribution in [0.4, 0.5) is 0 Å². The van der Waals surface area contributed by atoms with Crippen LogP contribution in [0.5, 0.6) is 0 Å². The van der Waals surface area contributed by atoms with Crippen molar-refractivity contribution >= 4 is 11.8 Å². The van der Waals surface area contributed by atoms with Gasteiger partial charge in [0.15, 0.2) is 5.60 Å². The van der Waals surface area contributed by atoms with Crippen LogP contribution in [0.1, 0.15) is 42.9 Å². The summed E-state index contributed by atoms with van der Waals surface area (Å²) < 4.78 is 10.6. The average molecular weight is 295 g/mol. The van der Waals surface area contributed by atoms with Gasteiger partial charge in [-0.1, -0.05) is 19.0 Å². The van der Waals surface area contributed by atoms with Crippen molar-refractivity contribution in [2.24, 2.45) is 0 Å². The van der Waals surface area contributed by atoms with Gasteiger partial charge >= 0.3 is 0 Å². The number of morpholine rings is 1. The summed E-state index contributed by atoms with van der Waals surface area (Å²) in [6.45, 7) is 6.53. The Balaban J connectivity index is 2.13. The molecule has 0 aromatic carbocycles. The van der Waals surface area contributed by atoms with E-state index in [1.54, 1.807) is 24.9 Å². The normalized spacial score (nSPS) is 22.4. The topological polar surface area (TPSA) is 84.7 Å². The number of hydrogen-bond acceptors (Lipinski definition) is 5. The summed E-state index contributed by atoms with van der Waals surface area (Å²) in [7, 11) is 1.54. The molecule has 0 spiro atoms. The highest BCUT2D eigenvalue weighted by Gasteiger charge is 2.41. The lowest BCUT2D eigenvalue weighted by Gasteiger charge is -2.38. The molecule has 116 valence electrons. The van der Waals surface area contributed by atoms with Gasteiger partial charge in [0.25, 0.3) is 11.8 Å². The lowest BCUT2D eigenvalue weighted by molar-refractivity contribution is -0.153. The van der Waals surface area contributed by atoms with Crippen molar-refractivity contribution in [2.75, 3.05) is 26.7 Å². The Bertz CT molecular complexity index is 540. The molecule has 1 aliphatic rings. The smallest absolute Gasteiger partial charge is 0.292 e. The quantitative estimate of drug-likeness (QED) is 0.890. The van der Waals surface area contributed by atoms with Crippen LogP contribution in [0.2, 0.25) is 0 Å². The third-order valence-electron chi connectivity index (χ3n) is 3.60. The van der Waals surface area contributed by atoms with E-state index in [0.29, 0.717) is 13.2 Å². The lowest BCUT2D eigenvalue weighted by atomic mass is 10.0. The third kappa shape index (κ3) is 3.07. The Morgan fingerprint density at radius 1 is 1.48 bits per heavy atom. The van der Waals surface area contributed by atoms with Crippen molar-refractivity contribution in [2.45, 2.75) is 32.3 Å². The predicted octanol–water partition coefficient (Wildman–Crippen LogP) is 0.775. The van der Waals surface area contributed by atoms with E-state index in [1.807, 2.05) is 13.8 Å². The first kappa shape index (κ1) is 15.5. The molecule has 1 aromatic heterocycles. The van der Waals surface area contributed by atoms with E-state index in [9.17, 15) is 9.59 Å². The number of hydrogen-bond donors (Lipinski definition) is 1. The van der Waals surface area contributed by atoms with Crippen molar-refractivity contribution in [3.8, 4) is 0 Å². The fourth-order valence-corrected chi connectivity index (χ4v) is 2.26. The highest BCUT2D eigenvalue weighted by molar-refractivity contribution is 5.93. The van der Waals surface area contributed by atoms with Crippen LogP contribution in [0.3, 0.4) is 0 Å². The third-order valence-corrected chi connectivity index (χ3v) is 3.60. The molecule has 0 unspecified atom stereocenters. The Morgan fingerprint density at radius 3 is 2.76 bits per heavy atom. The van der Waals surface area contributed by atoms with Gasteiger partial charge < -0.3 is 19.5 Å². The maximum Gasteiger partial charge on any atom is 0.292 e. The summed E-state index contributed by atoms with van der Waals surface area (Å²) in [5.41, 5.74) is -0.301. The minimum atomic E-state index is -1.04. The number of rotatable bonds is 3. The predicted molar refractivity (Wildman–Crippen MR) is 74.9 cm³/mol. The number of nitrogens with zero attached hydrogens (tertiary/aromatic N) is 2. The highest BCUT2D eigenvalue weighted by atomic mass is 16.5. The minimum absolute atomic E-state index is 0.184. The maximum absolute atomic E-state index is 12.4. The first-order valence-corrected chi connectivity index (χ1v) is 6.99. The maximum atomic E-state index is 12.4. The van der Waals surface area contributed by atoms with Crippen LogP contribution in [0, 0.1) is 0 Å². The van der Waals surface area contributed by atoms with Gasteiger partial charge in [0, 0.05) is 19.7 Å². The zero-order valence-electron chi connectivity index (χ0n) is 12.8. The molecule has 1 N–H and O–H groups in total. The SMILES string of the molecule is CNC(=O)[C@@]1(C)CN(C(=O)c2cc(C(C)C)no2)CCO1. The van der Waals surface area contributed by atoms with Gasteiger partial charge in [0.05, 0.1) is 18.8 Å². The van der Waals surface area contributed by atoms with Gasteiger partial charge in [-0.15, -0.1) is 0 Å². The molecule has 1 aliphatic heterocycles. The van der Waals surface area contributed by atoms with Crippen LogP contribution in [-0.2, 0) is 9.53 Å². The molecule has 0 saturated carbocycles. The van der Waals surface area contributed by atoms with Gasteiger partial charge in [-0.05, 0) is 12.8 Å². The van der Waals surface area contributed by atoms with Gasteiger partial charge in [-0.2, -0.15) is 0 Å². The van der Waals surface area contributed by atoms with Gasteiger partial charge in [-0.3, -0.25) is 9.59 Å². The van der Waals surface area contributed by atoms with E-state index in [-0.39, 0.29) is 30.0 Å². The van der Waals surface area contributed by atoms with Crippen LogP contribution < -0.4 is 5.32 Å². The fourth-order valence-electron chi connectivity index (χ4n) is 2.26. The molecule has 0 bridgehead atoms. The molecule has 0 aliphatic carbocycles. The number of likely N-dealkylation sites (N-methyl/N-ethyl adjacent to an activating group) is 1. The standard InChI is InChI=1S/C14H21N3O4/c1-9(2)10-7-11(21-16-10)12(18)17-5-6-20-14(3,8-17)13(19)15-4/h7,9H,5-6,8H2,1-4H3,(H,15,19)/t14-/m1/s1. The molecule has 1 fully saturated rings. The van der Waals surface area contributed by atoms with E-state index in [1.165, 1.54) is 0 Å². The summed E-state index contributed by atoms with van der Waals surface area (Å²) >= 11 is 0. The van der Waals surface area contributed by atoms with Crippen molar-refractivity contribution in [1.82, 2.24) is 15.4 Å². The lowest BCUT2D eigenvalue weighted by Crippen LogP contribution is -2.58. The minimum Gasteiger partial charge on any atom is -0.362 e. The summed E-state index contributed by atoms with van der Waals surface area (Å²) in [5, 5.41) is 6.44. The zero-order valence-corrected chi connectivity index (χ0v) is 12.8. The van der Waals surface area contributed by atoms with Crippen molar-refractivity contribution in [3.05, 3.63) is 17.5 Å². The zero-order chi connectivity index (χ0) is 15.6. The number of ether oxygens (including phenoxy) is 1. The van der Waals surface area contributed by atoms with Gasteiger partial charge in [0.2, 0.25) is 5.76 Å². The largest absolute Gasteiger partial charge is 0.362 e. The molecule has 7 heteroatoms. The Labute approximate surface area is 123 Å². The first-order valence-electron chi connectivity index (χ1n) is 6.99. The van der Waals surface area contributed by atoms with Crippen molar-refractivity contribution < 1.29 is 18.8 Å². The van der Waals surface area contributed by atoms with Gasteiger partial charge in [-0.25, -0.2) is 0 Å². The molecular formula is C14H21N3O4. The van der Waals surface area contributed by atoms with Crippen LogP contribution in [-0.4, -0.2) is 54.2 Å². The van der Waals surface area contributed by atoms with Crippen molar-refractivity contribution in [1.29, 1.82) is 0 Å². The molecule has 1 saturated heterocycles. The number of amides is 2. The molecule has 2 rings (SSSR count). The van der Waals surface area contributed by atoms with E-state index < -0.39 is 5.60 Å². The van der Waals surface area contributed by atoms with Crippen LogP contribution in [0.15, 0.2) is 10.6 Å². The second kappa shape index (κ2) is 5.85. The summed E-state index contributed by atoms with van der Waals surface area (Å²) in [5.74, 6) is -0.135. The summed E-state index contributed by atoms with van der Waals surface area (Å²) in [6.07, 6.45) is 0.